The van der Waals surface area contributed by atoms with Crippen LogP contribution in [-0.2, 0) is 17.6 Å². The maximum absolute atomic E-state index is 12.1. The van der Waals surface area contributed by atoms with Crippen LogP contribution in [0.25, 0.3) is 11.0 Å². The molecule has 2 aromatic carbocycles. The molecular weight excluding hydrogens is 390 g/mol. The summed E-state index contributed by atoms with van der Waals surface area (Å²) in [6, 6.07) is 16.7. The molecule has 1 amide bonds. The van der Waals surface area contributed by atoms with Crippen LogP contribution in [0.3, 0.4) is 0 Å². The maximum atomic E-state index is 12.1. The molecule has 1 N–H and O–H groups in total. The molecule has 1 aliphatic rings. The molecule has 0 bridgehead atoms. The third-order valence-corrected chi connectivity index (χ3v) is 6.43. The van der Waals surface area contributed by atoms with Crippen molar-refractivity contribution in [1.82, 2.24) is 5.32 Å². The molecule has 0 saturated heterocycles. The Hall–Kier alpha value is -2.64. The van der Waals surface area contributed by atoms with Crippen LogP contribution in [0.4, 0.5) is 0 Å². The Morgan fingerprint density at radius 3 is 2.80 bits per heavy atom. The largest absolute Gasteiger partial charge is 0.460 e. The van der Waals surface area contributed by atoms with E-state index >= 15 is 0 Å². The van der Waals surface area contributed by atoms with Crippen molar-refractivity contribution in [3.05, 3.63) is 65.4 Å². The Morgan fingerprint density at radius 1 is 1.20 bits per heavy atom. The molecule has 3 nitrogen and oxygen atoms in total. The molecule has 154 valence electrons. The first-order valence-corrected chi connectivity index (χ1v) is 11.6. The topological polar surface area (TPSA) is 42.2 Å². The van der Waals surface area contributed by atoms with Crippen molar-refractivity contribution >= 4 is 28.6 Å². The van der Waals surface area contributed by atoms with Gasteiger partial charge in [-0.15, -0.1) is 24.1 Å². The van der Waals surface area contributed by atoms with Gasteiger partial charge in [-0.05, 0) is 48.9 Å². The minimum Gasteiger partial charge on any atom is -0.460 e. The number of amides is 1. The lowest BCUT2D eigenvalue weighted by molar-refractivity contribution is -0.121. The summed E-state index contributed by atoms with van der Waals surface area (Å²) >= 11 is 1.77. The third kappa shape index (κ3) is 5.49. The van der Waals surface area contributed by atoms with Crippen LogP contribution in [0.1, 0.15) is 42.6 Å². The number of rotatable bonds is 10. The lowest BCUT2D eigenvalue weighted by atomic mass is 10.0. The van der Waals surface area contributed by atoms with E-state index in [4.69, 9.17) is 10.8 Å². The lowest BCUT2D eigenvalue weighted by Crippen LogP contribution is -2.25. The molecule has 0 unspecified atom stereocenters. The Kier molecular flexibility index (Phi) is 6.81. The zero-order valence-electron chi connectivity index (χ0n) is 17.2. The average Bonchev–Trinajstić information content (AvgIpc) is 3.50. The van der Waals surface area contributed by atoms with Gasteiger partial charge in [-0.25, -0.2) is 0 Å². The van der Waals surface area contributed by atoms with E-state index in [0.717, 1.165) is 41.7 Å². The number of terminal acetylenes is 1. The first kappa shape index (κ1) is 20.6. The minimum absolute atomic E-state index is 0.167. The van der Waals surface area contributed by atoms with E-state index < -0.39 is 0 Å². The van der Waals surface area contributed by atoms with Gasteiger partial charge in [0.2, 0.25) is 5.91 Å². The fourth-order valence-electron chi connectivity index (χ4n) is 3.68. The fourth-order valence-corrected chi connectivity index (χ4v) is 4.50. The highest BCUT2D eigenvalue weighted by Gasteiger charge is 2.24. The first-order valence-electron chi connectivity index (χ1n) is 10.6. The number of thioether (sulfide) groups is 1. The van der Waals surface area contributed by atoms with Gasteiger partial charge in [-0.3, -0.25) is 4.79 Å². The molecule has 1 aliphatic carbocycles. The lowest BCUT2D eigenvalue weighted by Gasteiger charge is -2.07. The van der Waals surface area contributed by atoms with Gasteiger partial charge < -0.3 is 9.73 Å². The molecular formula is C26H27NO2S. The van der Waals surface area contributed by atoms with Crippen LogP contribution >= 0.6 is 11.8 Å². The van der Waals surface area contributed by atoms with Gasteiger partial charge in [0.1, 0.15) is 11.3 Å². The number of carbonyl (C=O) groups excluding carboxylic acids is 1. The molecule has 0 atom stereocenters. The number of hydrogen-bond acceptors (Lipinski definition) is 3. The maximum Gasteiger partial charge on any atom is 0.220 e. The first-order chi connectivity index (χ1) is 14.7. The Balaban J connectivity index is 1.54. The molecule has 0 radical (unpaired) electrons. The highest BCUT2D eigenvalue weighted by atomic mass is 32.2. The molecule has 30 heavy (non-hydrogen) atoms. The molecule has 1 fully saturated rings. The van der Waals surface area contributed by atoms with Crippen molar-refractivity contribution in [1.29, 1.82) is 0 Å². The van der Waals surface area contributed by atoms with Gasteiger partial charge >= 0.3 is 0 Å². The van der Waals surface area contributed by atoms with Crippen LogP contribution in [-0.4, -0.2) is 18.2 Å². The van der Waals surface area contributed by atoms with Crippen molar-refractivity contribution in [2.24, 2.45) is 5.92 Å². The van der Waals surface area contributed by atoms with Gasteiger partial charge in [-0.1, -0.05) is 30.3 Å². The highest BCUT2D eigenvalue weighted by molar-refractivity contribution is 7.99. The van der Waals surface area contributed by atoms with Crippen molar-refractivity contribution in [2.75, 3.05) is 12.3 Å². The average molecular weight is 418 g/mol. The summed E-state index contributed by atoms with van der Waals surface area (Å²) in [6.45, 7) is 0.635. The number of furan rings is 1. The summed E-state index contributed by atoms with van der Waals surface area (Å²) in [5.74, 6) is 5.36. The summed E-state index contributed by atoms with van der Waals surface area (Å²) < 4.78 is 6.26. The predicted octanol–water partition coefficient (Wildman–Crippen LogP) is 5.60. The third-order valence-electron chi connectivity index (χ3n) is 5.44. The van der Waals surface area contributed by atoms with Gasteiger partial charge in [0.15, 0.2) is 0 Å². The summed E-state index contributed by atoms with van der Waals surface area (Å²) in [6.07, 6.45) is 10.7. The Morgan fingerprint density at radius 2 is 2.03 bits per heavy atom. The fraction of sp³-hybridized carbons (Fsp3) is 0.346. The van der Waals surface area contributed by atoms with Crippen molar-refractivity contribution in [3.8, 4) is 12.3 Å². The SMILES string of the molecule is C#CCCSc1ccc2oc(Cc3ccccc3)c(CCNC(=O)CC3CC3)c2c1. The Labute approximate surface area is 182 Å². The molecule has 0 aliphatic heterocycles. The van der Waals surface area contributed by atoms with Gasteiger partial charge in [0.05, 0.1) is 0 Å². The Bertz CT molecular complexity index is 1040. The van der Waals surface area contributed by atoms with Crippen LogP contribution in [0, 0.1) is 18.3 Å². The van der Waals surface area contributed by atoms with Gasteiger partial charge in [0.25, 0.3) is 0 Å². The van der Waals surface area contributed by atoms with Crippen molar-refractivity contribution < 1.29 is 9.21 Å². The van der Waals surface area contributed by atoms with E-state index in [-0.39, 0.29) is 5.91 Å². The summed E-state index contributed by atoms with van der Waals surface area (Å²) in [5.41, 5.74) is 3.32. The van der Waals surface area contributed by atoms with Gasteiger partial charge in [0, 0.05) is 47.4 Å². The zero-order chi connectivity index (χ0) is 20.8. The second-order valence-corrected chi connectivity index (χ2v) is 9.04. The van der Waals surface area contributed by atoms with Crippen LogP contribution in [0.2, 0.25) is 0 Å². The highest BCUT2D eigenvalue weighted by Crippen LogP contribution is 2.33. The molecule has 3 aromatic rings. The van der Waals surface area contributed by atoms with Crippen molar-refractivity contribution in [3.63, 3.8) is 0 Å². The normalized spacial score (nSPS) is 13.3. The molecule has 1 saturated carbocycles. The van der Waals surface area contributed by atoms with E-state index in [9.17, 15) is 4.79 Å². The van der Waals surface area contributed by atoms with Crippen LogP contribution in [0.5, 0.6) is 0 Å². The quantitative estimate of drug-likeness (QED) is 0.265. The van der Waals surface area contributed by atoms with Crippen molar-refractivity contribution in [2.45, 2.75) is 43.4 Å². The number of benzene rings is 2. The standard InChI is InChI=1S/C26H27NO2S/c1-2-3-15-30-21-11-12-24-23(18-21)22(13-14-27-26(28)17-20-9-10-20)25(29-24)16-19-7-5-4-6-8-19/h1,4-8,11-12,18,20H,3,9-10,13-17H2,(H,27,28). The number of carbonyl (C=O) groups is 1. The summed E-state index contributed by atoms with van der Waals surface area (Å²) in [4.78, 5) is 13.3. The number of fused-ring (bicyclic) bond motifs is 1. The van der Waals surface area contributed by atoms with Gasteiger partial charge in [-0.2, -0.15) is 0 Å². The van der Waals surface area contributed by atoms with Crippen LogP contribution < -0.4 is 5.32 Å². The molecule has 4 rings (SSSR count). The monoisotopic (exact) mass is 417 g/mol. The second-order valence-electron chi connectivity index (χ2n) is 7.87. The van der Waals surface area contributed by atoms with E-state index in [1.165, 1.54) is 28.9 Å². The number of hydrogen-bond donors (Lipinski definition) is 1. The summed E-state index contributed by atoms with van der Waals surface area (Å²) in [7, 11) is 0. The number of nitrogens with one attached hydrogen (secondary N) is 1. The zero-order valence-corrected chi connectivity index (χ0v) is 18.0. The van der Waals surface area contributed by atoms with E-state index in [2.05, 4.69) is 53.7 Å². The minimum atomic E-state index is 0.167. The molecule has 4 heteroatoms. The molecule has 0 spiro atoms. The predicted molar refractivity (Wildman–Crippen MR) is 124 cm³/mol. The van der Waals surface area contributed by atoms with Crippen LogP contribution in [0.15, 0.2) is 57.8 Å². The van der Waals surface area contributed by atoms with E-state index in [0.29, 0.717) is 18.9 Å². The smallest absolute Gasteiger partial charge is 0.220 e. The summed E-state index contributed by atoms with van der Waals surface area (Å²) in [5, 5.41) is 4.24. The second kappa shape index (κ2) is 9.91. The molecule has 1 aromatic heterocycles. The van der Waals surface area contributed by atoms with E-state index in [1.54, 1.807) is 11.8 Å². The van der Waals surface area contributed by atoms with E-state index in [1.807, 2.05) is 6.07 Å². The molecule has 1 heterocycles.